The molecule has 110 valence electrons. The van der Waals surface area contributed by atoms with Gasteiger partial charge in [-0.15, -0.1) is 0 Å². The van der Waals surface area contributed by atoms with Gasteiger partial charge in [0, 0.05) is 5.56 Å². The second kappa shape index (κ2) is 6.37. The van der Waals surface area contributed by atoms with E-state index in [1.54, 1.807) is 24.3 Å². The summed E-state index contributed by atoms with van der Waals surface area (Å²) in [6.07, 6.45) is 3.84. The summed E-state index contributed by atoms with van der Waals surface area (Å²) in [6.45, 7) is 2.11. The molecule has 0 aromatic heterocycles. The highest BCUT2D eigenvalue weighted by Gasteiger charge is 2.35. The van der Waals surface area contributed by atoms with Gasteiger partial charge >= 0.3 is 0 Å². The molecule has 2 rings (SSSR count). The maximum absolute atomic E-state index is 12.3. The number of carbonyl (C=O) groups excluding carboxylic acids is 1. The van der Waals surface area contributed by atoms with Crippen molar-refractivity contribution in [2.45, 2.75) is 44.8 Å². The molecule has 4 nitrogen and oxygen atoms in total. The Balaban J connectivity index is 2.08. The van der Waals surface area contributed by atoms with Gasteiger partial charge in [-0.25, -0.2) is 0 Å². The lowest BCUT2D eigenvalue weighted by molar-refractivity contribution is 0.0697. The van der Waals surface area contributed by atoms with Gasteiger partial charge in [-0.3, -0.25) is 4.79 Å². The van der Waals surface area contributed by atoms with E-state index in [0.717, 1.165) is 31.2 Å². The van der Waals surface area contributed by atoms with E-state index in [9.17, 15) is 9.90 Å². The van der Waals surface area contributed by atoms with Crippen molar-refractivity contribution in [3.63, 3.8) is 0 Å². The number of aliphatic hydroxyl groups is 2. The Kier molecular flexibility index (Phi) is 4.78. The summed E-state index contributed by atoms with van der Waals surface area (Å²) in [4.78, 5) is 12.3. The van der Waals surface area contributed by atoms with Crippen molar-refractivity contribution in [1.29, 1.82) is 0 Å². The zero-order chi connectivity index (χ0) is 14.6. The molecule has 3 N–H and O–H groups in total. The Morgan fingerprint density at radius 3 is 2.60 bits per heavy atom. The molecule has 0 radical (unpaired) electrons. The predicted octanol–water partition coefficient (Wildman–Crippen LogP) is 1.85. The Hall–Kier alpha value is -1.39. The zero-order valence-corrected chi connectivity index (χ0v) is 11.9. The number of hydrogen-bond donors (Lipinski definition) is 3. The van der Waals surface area contributed by atoms with Gasteiger partial charge in [-0.2, -0.15) is 0 Å². The summed E-state index contributed by atoms with van der Waals surface area (Å²) in [7, 11) is 0. The first-order valence-corrected chi connectivity index (χ1v) is 7.22. The first-order chi connectivity index (χ1) is 9.58. The van der Waals surface area contributed by atoms with Crippen molar-refractivity contribution in [2.75, 3.05) is 6.61 Å². The van der Waals surface area contributed by atoms with Crippen LogP contribution in [0.4, 0.5) is 0 Å². The fourth-order valence-electron chi connectivity index (χ4n) is 3.03. The molecule has 2 unspecified atom stereocenters. The first kappa shape index (κ1) is 15.0. The van der Waals surface area contributed by atoms with Crippen LogP contribution in [0.2, 0.25) is 0 Å². The fraction of sp³-hybridized carbons (Fsp3) is 0.562. The molecule has 1 amide bonds. The SMILES string of the molecule is CC1CCCC(CO)(NC(=O)c2ccc(CO)cc2)C1. The molecule has 0 bridgehead atoms. The van der Waals surface area contributed by atoms with Gasteiger partial charge in [-0.1, -0.05) is 31.9 Å². The number of benzene rings is 1. The summed E-state index contributed by atoms with van der Waals surface area (Å²) in [5, 5.41) is 21.7. The van der Waals surface area contributed by atoms with E-state index in [-0.39, 0.29) is 19.1 Å². The zero-order valence-electron chi connectivity index (χ0n) is 11.9. The number of carbonyl (C=O) groups is 1. The average molecular weight is 277 g/mol. The van der Waals surface area contributed by atoms with E-state index in [2.05, 4.69) is 12.2 Å². The number of rotatable bonds is 4. The van der Waals surface area contributed by atoms with Gasteiger partial charge in [0.05, 0.1) is 18.8 Å². The molecule has 20 heavy (non-hydrogen) atoms. The molecule has 0 saturated heterocycles. The van der Waals surface area contributed by atoms with E-state index >= 15 is 0 Å². The van der Waals surface area contributed by atoms with Crippen molar-refractivity contribution >= 4 is 5.91 Å². The van der Waals surface area contributed by atoms with Gasteiger partial charge in [0.25, 0.3) is 5.91 Å². The smallest absolute Gasteiger partial charge is 0.251 e. The highest BCUT2D eigenvalue weighted by Crippen LogP contribution is 2.32. The number of nitrogens with one attached hydrogen (secondary N) is 1. The Bertz CT molecular complexity index is 457. The van der Waals surface area contributed by atoms with Crippen LogP contribution in [0.15, 0.2) is 24.3 Å². The monoisotopic (exact) mass is 277 g/mol. The Labute approximate surface area is 119 Å². The number of aliphatic hydroxyl groups excluding tert-OH is 2. The van der Waals surface area contributed by atoms with Crippen LogP contribution in [-0.2, 0) is 6.61 Å². The molecule has 0 heterocycles. The van der Waals surface area contributed by atoms with Gasteiger partial charge < -0.3 is 15.5 Å². The molecule has 1 aliphatic carbocycles. The van der Waals surface area contributed by atoms with Crippen molar-refractivity contribution in [3.05, 3.63) is 35.4 Å². The van der Waals surface area contributed by atoms with Gasteiger partial charge in [0.1, 0.15) is 0 Å². The van der Waals surface area contributed by atoms with Crippen LogP contribution >= 0.6 is 0 Å². The summed E-state index contributed by atoms with van der Waals surface area (Å²) in [5.41, 5.74) is 0.864. The minimum Gasteiger partial charge on any atom is -0.394 e. The summed E-state index contributed by atoms with van der Waals surface area (Å²) >= 11 is 0. The van der Waals surface area contributed by atoms with E-state index in [0.29, 0.717) is 11.5 Å². The third-order valence-electron chi connectivity index (χ3n) is 4.17. The maximum atomic E-state index is 12.3. The minimum atomic E-state index is -0.482. The lowest BCUT2D eigenvalue weighted by Gasteiger charge is -2.39. The van der Waals surface area contributed by atoms with Gasteiger partial charge in [0.15, 0.2) is 0 Å². The first-order valence-electron chi connectivity index (χ1n) is 7.22. The third kappa shape index (κ3) is 3.38. The third-order valence-corrected chi connectivity index (χ3v) is 4.17. The molecule has 1 aliphatic rings. The molecule has 1 fully saturated rings. The number of hydrogen-bond acceptors (Lipinski definition) is 3. The highest BCUT2D eigenvalue weighted by molar-refractivity contribution is 5.94. The molecule has 1 aromatic rings. The van der Waals surface area contributed by atoms with Crippen LogP contribution in [0.5, 0.6) is 0 Å². The standard InChI is InChI=1S/C16H23NO3/c1-12-3-2-8-16(9-12,11-19)17-15(20)14-6-4-13(10-18)5-7-14/h4-7,12,18-19H,2-3,8-11H2,1H3,(H,17,20). The van der Waals surface area contributed by atoms with Crippen molar-refractivity contribution < 1.29 is 15.0 Å². The second-order valence-electron chi connectivity index (χ2n) is 5.95. The van der Waals surface area contributed by atoms with Crippen LogP contribution < -0.4 is 5.32 Å². The lowest BCUT2D eigenvalue weighted by Crippen LogP contribution is -2.53. The Morgan fingerprint density at radius 1 is 1.35 bits per heavy atom. The lowest BCUT2D eigenvalue weighted by atomic mass is 9.76. The van der Waals surface area contributed by atoms with Gasteiger partial charge in [0.2, 0.25) is 0 Å². The topological polar surface area (TPSA) is 69.6 Å². The largest absolute Gasteiger partial charge is 0.394 e. The molecule has 1 aromatic carbocycles. The van der Waals surface area contributed by atoms with Crippen molar-refractivity contribution in [2.24, 2.45) is 5.92 Å². The van der Waals surface area contributed by atoms with Gasteiger partial charge in [-0.05, 0) is 36.5 Å². The molecular formula is C16H23NO3. The van der Waals surface area contributed by atoms with E-state index in [4.69, 9.17) is 5.11 Å². The van der Waals surface area contributed by atoms with E-state index in [1.165, 1.54) is 0 Å². The van der Waals surface area contributed by atoms with Crippen LogP contribution in [0.3, 0.4) is 0 Å². The molecule has 1 saturated carbocycles. The summed E-state index contributed by atoms with van der Waals surface area (Å²) in [6, 6.07) is 6.89. The second-order valence-corrected chi connectivity index (χ2v) is 5.95. The van der Waals surface area contributed by atoms with Crippen LogP contribution in [-0.4, -0.2) is 28.3 Å². The summed E-state index contributed by atoms with van der Waals surface area (Å²) in [5.74, 6) is 0.366. The van der Waals surface area contributed by atoms with Crippen molar-refractivity contribution in [1.82, 2.24) is 5.32 Å². The molecule has 0 aliphatic heterocycles. The summed E-state index contributed by atoms with van der Waals surface area (Å²) < 4.78 is 0. The van der Waals surface area contributed by atoms with Crippen molar-refractivity contribution in [3.8, 4) is 0 Å². The average Bonchev–Trinajstić information content (AvgIpc) is 2.47. The normalized spacial score (nSPS) is 26.2. The van der Waals surface area contributed by atoms with Crippen LogP contribution in [0.1, 0.15) is 48.5 Å². The maximum Gasteiger partial charge on any atom is 0.251 e. The minimum absolute atomic E-state index is 0.0161. The predicted molar refractivity (Wildman–Crippen MR) is 77.3 cm³/mol. The van der Waals surface area contributed by atoms with Crippen LogP contribution in [0.25, 0.3) is 0 Å². The van der Waals surface area contributed by atoms with Crippen LogP contribution in [0, 0.1) is 5.92 Å². The molecule has 4 heteroatoms. The fourth-order valence-corrected chi connectivity index (χ4v) is 3.03. The quantitative estimate of drug-likeness (QED) is 0.786. The van der Waals surface area contributed by atoms with E-state index < -0.39 is 5.54 Å². The highest BCUT2D eigenvalue weighted by atomic mass is 16.3. The number of amides is 1. The molecular weight excluding hydrogens is 254 g/mol. The van der Waals surface area contributed by atoms with E-state index in [1.807, 2.05) is 0 Å². The Morgan fingerprint density at radius 2 is 2.05 bits per heavy atom. The molecule has 2 atom stereocenters. The molecule has 0 spiro atoms.